The van der Waals surface area contributed by atoms with E-state index < -0.39 is 12.0 Å². The number of hydrogen-bond acceptors (Lipinski definition) is 3. The number of imidazole rings is 1. The van der Waals surface area contributed by atoms with Crippen molar-refractivity contribution in [3.05, 3.63) is 17.7 Å². The summed E-state index contributed by atoms with van der Waals surface area (Å²) in [6, 6.07) is -0.485. The summed E-state index contributed by atoms with van der Waals surface area (Å²) in [5, 5.41) is 11.6. The number of carboxylic acid groups (broad SMARTS) is 1. The number of carbonyl (C=O) groups is 1. The van der Waals surface area contributed by atoms with Gasteiger partial charge in [0.1, 0.15) is 6.04 Å². The van der Waals surface area contributed by atoms with Crippen molar-refractivity contribution in [3.8, 4) is 0 Å². The maximum absolute atomic E-state index is 10.6. The van der Waals surface area contributed by atoms with Crippen LogP contribution in [0, 0.1) is 0 Å². The zero-order valence-corrected chi connectivity index (χ0v) is 7.37. The highest BCUT2D eigenvalue weighted by atomic mass is 16.4. The molecule has 7 N–H and O–H groups in total. The average Bonchev–Trinajstić information content (AvgIpc) is 2.49. The van der Waals surface area contributed by atoms with Crippen molar-refractivity contribution >= 4 is 5.97 Å². The molecule has 2 rings (SSSR count). The first-order valence-electron chi connectivity index (χ1n) is 3.74. The first-order valence-corrected chi connectivity index (χ1v) is 3.74. The molecule has 1 atom stereocenters. The zero-order valence-electron chi connectivity index (χ0n) is 7.37. The van der Waals surface area contributed by atoms with Crippen LogP contribution in [0.2, 0.25) is 0 Å². The second-order valence-corrected chi connectivity index (χ2v) is 2.80. The summed E-state index contributed by atoms with van der Waals surface area (Å²) in [6.45, 7) is 0.562. The van der Waals surface area contributed by atoms with Crippen molar-refractivity contribution in [2.45, 2.75) is 19.0 Å². The normalized spacial score (nSPS) is 18.7. The predicted molar refractivity (Wildman–Crippen MR) is 47.8 cm³/mol. The Balaban J connectivity index is 0.000000845. The van der Waals surface area contributed by atoms with Gasteiger partial charge in [-0.2, -0.15) is 0 Å². The van der Waals surface area contributed by atoms with Crippen LogP contribution in [0.1, 0.15) is 11.4 Å². The minimum absolute atomic E-state index is 0. The van der Waals surface area contributed by atoms with Gasteiger partial charge in [0.05, 0.1) is 17.7 Å². The largest absolute Gasteiger partial charge is 0.480 e. The summed E-state index contributed by atoms with van der Waals surface area (Å²) in [7, 11) is 0. The van der Waals surface area contributed by atoms with Crippen LogP contribution in [-0.2, 0) is 17.8 Å². The van der Waals surface area contributed by atoms with Gasteiger partial charge in [-0.1, -0.05) is 0 Å². The summed E-state index contributed by atoms with van der Waals surface area (Å²) in [5.41, 5.74) is 1.86. The quantitative estimate of drug-likeness (QED) is 0.478. The Kier molecular flexibility index (Phi) is 4.22. The predicted octanol–water partition coefficient (Wildman–Crippen LogP) is -2.14. The molecule has 80 valence electrons. The molecule has 0 bridgehead atoms. The molecule has 14 heavy (non-hydrogen) atoms. The maximum Gasteiger partial charge on any atom is 0.321 e. The first kappa shape index (κ1) is 12.6. The fourth-order valence-electron chi connectivity index (χ4n) is 1.34. The maximum atomic E-state index is 10.6. The van der Waals surface area contributed by atoms with E-state index in [0.717, 1.165) is 11.4 Å². The van der Waals surface area contributed by atoms with E-state index in [1.54, 1.807) is 6.33 Å². The average molecular weight is 203 g/mol. The number of hydrogen-bond donors (Lipinski definition) is 3. The molecule has 0 saturated carbocycles. The van der Waals surface area contributed by atoms with Crippen LogP contribution in [-0.4, -0.2) is 38.0 Å². The molecule has 0 spiro atoms. The van der Waals surface area contributed by atoms with Crippen LogP contribution in [0.5, 0.6) is 0 Å². The third-order valence-electron chi connectivity index (χ3n) is 2.03. The Bertz CT molecular complexity index is 312. The molecule has 0 fully saturated rings. The molecular weight excluding hydrogens is 190 g/mol. The molecule has 0 radical (unpaired) electrons. The molecule has 1 aliphatic rings. The molecule has 0 unspecified atom stereocenters. The lowest BCUT2D eigenvalue weighted by atomic mass is 10.1. The van der Waals surface area contributed by atoms with Crippen LogP contribution >= 0.6 is 0 Å². The lowest BCUT2D eigenvalue weighted by Crippen LogP contribution is -2.41. The number of nitrogens with one attached hydrogen (secondary N) is 2. The van der Waals surface area contributed by atoms with Crippen LogP contribution in [0.25, 0.3) is 0 Å². The van der Waals surface area contributed by atoms with Gasteiger partial charge >= 0.3 is 5.97 Å². The van der Waals surface area contributed by atoms with Gasteiger partial charge in [-0.25, -0.2) is 4.98 Å². The van der Waals surface area contributed by atoms with Crippen LogP contribution in [0.15, 0.2) is 6.33 Å². The monoisotopic (exact) mass is 203 g/mol. The number of aromatic amines is 1. The lowest BCUT2D eigenvalue weighted by Gasteiger charge is -2.18. The minimum Gasteiger partial charge on any atom is -0.480 e. The number of nitrogens with zero attached hydrogens (tertiary/aromatic N) is 1. The first-order chi connectivity index (χ1) is 5.77. The Morgan fingerprint density at radius 2 is 2.29 bits per heavy atom. The number of fused-ring (bicyclic) bond motifs is 1. The second-order valence-electron chi connectivity index (χ2n) is 2.80. The van der Waals surface area contributed by atoms with Crippen LogP contribution in [0.4, 0.5) is 0 Å². The van der Waals surface area contributed by atoms with Crippen molar-refractivity contribution in [3.63, 3.8) is 0 Å². The van der Waals surface area contributed by atoms with Gasteiger partial charge in [-0.05, 0) is 0 Å². The number of aromatic nitrogens is 2. The fourth-order valence-corrected chi connectivity index (χ4v) is 1.34. The van der Waals surface area contributed by atoms with Gasteiger partial charge in [-0.3, -0.25) is 10.1 Å². The van der Waals surface area contributed by atoms with Gasteiger partial charge in [0.25, 0.3) is 0 Å². The van der Waals surface area contributed by atoms with E-state index in [1.165, 1.54) is 0 Å². The molecule has 1 aliphatic heterocycles. The van der Waals surface area contributed by atoms with E-state index in [0.29, 0.717) is 13.0 Å². The van der Waals surface area contributed by atoms with Crippen LogP contribution in [0.3, 0.4) is 0 Å². The SMILES string of the molecule is O.O.O=C(O)[C@@H]1Cc2nc[nH]c2CN1. The number of carboxylic acids is 1. The van der Waals surface area contributed by atoms with E-state index in [-0.39, 0.29) is 11.0 Å². The molecule has 0 saturated heterocycles. The molecule has 1 aromatic rings. The number of H-pyrrole nitrogens is 1. The Morgan fingerprint density at radius 3 is 2.93 bits per heavy atom. The van der Waals surface area contributed by atoms with Gasteiger partial charge in [-0.15, -0.1) is 0 Å². The fraction of sp³-hybridized carbons (Fsp3) is 0.429. The molecule has 2 heterocycles. The summed E-state index contributed by atoms with van der Waals surface area (Å²) in [4.78, 5) is 17.6. The molecular formula is C7H13N3O4. The molecule has 7 nitrogen and oxygen atoms in total. The Hall–Kier alpha value is -1.44. The van der Waals surface area contributed by atoms with E-state index in [4.69, 9.17) is 5.11 Å². The third-order valence-corrected chi connectivity index (χ3v) is 2.03. The minimum atomic E-state index is -0.816. The van der Waals surface area contributed by atoms with E-state index in [9.17, 15) is 4.79 Å². The summed E-state index contributed by atoms with van der Waals surface area (Å²) < 4.78 is 0. The van der Waals surface area contributed by atoms with Crippen molar-refractivity contribution in [2.75, 3.05) is 0 Å². The van der Waals surface area contributed by atoms with Crippen LogP contribution < -0.4 is 5.32 Å². The summed E-state index contributed by atoms with van der Waals surface area (Å²) in [6.07, 6.45) is 2.06. The molecule has 1 aromatic heterocycles. The topological polar surface area (TPSA) is 141 Å². The van der Waals surface area contributed by atoms with Crippen molar-refractivity contribution in [1.29, 1.82) is 0 Å². The zero-order chi connectivity index (χ0) is 8.55. The second kappa shape index (κ2) is 4.70. The van der Waals surface area contributed by atoms with Gasteiger partial charge < -0.3 is 21.0 Å². The van der Waals surface area contributed by atoms with Crippen molar-refractivity contribution in [1.82, 2.24) is 15.3 Å². The number of aliphatic carboxylic acids is 1. The van der Waals surface area contributed by atoms with Crippen molar-refractivity contribution < 1.29 is 20.9 Å². The lowest BCUT2D eigenvalue weighted by molar-refractivity contribution is -0.139. The van der Waals surface area contributed by atoms with Crippen molar-refractivity contribution in [2.24, 2.45) is 0 Å². The highest BCUT2D eigenvalue weighted by Crippen LogP contribution is 2.11. The van der Waals surface area contributed by atoms with Gasteiger partial charge in [0.2, 0.25) is 0 Å². The summed E-state index contributed by atoms with van der Waals surface area (Å²) in [5.74, 6) is -0.816. The van der Waals surface area contributed by atoms with Gasteiger partial charge in [0.15, 0.2) is 0 Å². The van der Waals surface area contributed by atoms with E-state index in [2.05, 4.69) is 15.3 Å². The highest BCUT2D eigenvalue weighted by molar-refractivity contribution is 5.74. The molecule has 0 amide bonds. The number of rotatable bonds is 1. The molecule has 0 aliphatic carbocycles. The Labute approximate surface area is 79.8 Å². The molecule has 7 heteroatoms. The smallest absolute Gasteiger partial charge is 0.321 e. The molecule has 0 aromatic carbocycles. The standard InChI is InChI=1S/C7H9N3O2.2H2O/c11-7(12)5-1-4-6(2-8-5)10-3-9-4;;/h3,5,8H,1-2H2,(H,9,10)(H,11,12);2*1H2/t5-;;/m0../s1. The van der Waals surface area contributed by atoms with E-state index >= 15 is 0 Å². The van der Waals surface area contributed by atoms with E-state index in [1.807, 2.05) is 0 Å². The van der Waals surface area contributed by atoms with Gasteiger partial charge in [0, 0.05) is 13.0 Å². The highest BCUT2D eigenvalue weighted by Gasteiger charge is 2.24. The third kappa shape index (κ3) is 2.08. The Morgan fingerprint density at radius 1 is 1.57 bits per heavy atom. The summed E-state index contributed by atoms with van der Waals surface area (Å²) >= 11 is 0.